The highest BCUT2D eigenvalue weighted by Gasteiger charge is 2.48. The van der Waals surface area contributed by atoms with Crippen LogP contribution in [0.3, 0.4) is 0 Å². The van der Waals surface area contributed by atoms with Crippen LogP contribution in [0.2, 0.25) is 0 Å². The predicted octanol–water partition coefficient (Wildman–Crippen LogP) is 4.50. The minimum atomic E-state index is -0.760. The summed E-state index contributed by atoms with van der Waals surface area (Å²) >= 11 is 0. The molecule has 0 heterocycles. The second kappa shape index (κ2) is 8.43. The van der Waals surface area contributed by atoms with E-state index in [1.807, 2.05) is 20.8 Å². The number of carbonyl (C=O) groups excluding carboxylic acids is 2. The van der Waals surface area contributed by atoms with Crippen molar-refractivity contribution in [2.45, 2.75) is 71.1 Å². The molecule has 0 atom stereocenters. The number of ether oxygens (including phenoxy) is 2. The van der Waals surface area contributed by atoms with E-state index < -0.39 is 17.2 Å². The van der Waals surface area contributed by atoms with Gasteiger partial charge in [0, 0.05) is 16.7 Å². The van der Waals surface area contributed by atoms with Crippen molar-refractivity contribution in [3.63, 3.8) is 0 Å². The average molecular weight is 406 g/mol. The van der Waals surface area contributed by atoms with Gasteiger partial charge in [-0.1, -0.05) is 0 Å². The van der Waals surface area contributed by atoms with E-state index in [1.165, 1.54) is 0 Å². The molecule has 0 bridgehead atoms. The molecule has 0 aromatic heterocycles. The summed E-state index contributed by atoms with van der Waals surface area (Å²) in [5.74, 6) is 0.330. The molecule has 2 amide bonds. The Morgan fingerprint density at radius 2 is 1.69 bits per heavy atom. The van der Waals surface area contributed by atoms with Crippen molar-refractivity contribution >= 4 is 12.0 Å². The summed E-state index contributed by atoms with van der Waals surface area (Å²) in [5, 5.41) is 5.64. The van der Waals surface area contributed by atoms with E-state index in [9.17, 15) is 14.0 Å². The highest BCUT2D eigenvalue weighted by molar-refractivity contribution is 5.94. The number of alkyl carbamates (subject to hydrolysis) is 1. The van der Waals surface area contributed by atoms with E-state index in [4.69, 9.17) is 9.47 Å². The Labute approximate surface area is 171 Å². The van der Waals surface area contributed by atoms with E-state index in [0.29, 0.717) is 36.1 Å². The Balaban J connectivity index is 1.94. The lowest BCUT2D eigenvalue weighted by molar-refractivity contribution is 0.0503. The Morgan fingerprint density at radius 1 is 1.10 bits per heavy atom. The normalized spacial score (nSPS) is 16.0. The molecule has 0 spiro atoms. The molecular weight excluding hydrogens is 375 g/mol. The molecule has 1 aromatic rings. The van der Waals surface area contributed by atoms with Crippen molar-refractivity contribution in [1.82, 2.24) is 10.6 Å². The van der Waals surface area contributed by atoms with Crippen LogP contribution in [0.15, 0.2) is 36.2 Å². The number of amides is 2. The first kappa shape index (κ1) is 22.7. The van der Waals surface area contributed by atoms with E-state index >= 15 is 0 Å². The molecule has 0 aliphatic heterocycles. The maximum atomic E-state index is 13.5. The van der Waals surface area contributed by atoms with E-state index in [2.05, 4.69) is 10.6 Å². The Hall–Kier alpha value is -2.57. The minimum Gasteiger partial charge on any atom is -0.489 e. The molecule has 1 fully saturated rings. The Bertz CT molecular complexity index is 769. The summed E-state index contributed by atoms with van der Waals surface area (Å²) in [6.45, 7) is 11.0. The average Bonchev–Trinajstić information content (AvgIpc) is 3.32. The largest absolute Gasteiger partial charge is 0.489 e. The topological polar surface area (TPSA) is 76.7 Å². The highest BCUT2D eigenvalue weighted by atomic mass is 19.1. The fraction of sp³-hybridized carbons (Fsp3) is 0.545. The summed E-state index contributed by atoms with van der Waals surface area (Å²) in [6, 6.07) is 6.63. The zero-order valence-electron chi connectivity index (χ0n) is 18.0. The lowest BCUT2D eigenvalue weighted by Gasteiger charge is -2.24. The van der Waals surface area contributed by atoms with Crippen molar-refractivity contribution in [3.8, 4) is 5.75 Å². The van der Waals surface area contributed by atoms with Gasteiger partial charge in [-0.15, -0.1) is 0 Å². The van der Waals surface area contributed by atoms with Crippen molar-refractivity contribution in [3.05, 3.63) is 41.7 Å². The van der Waals surface area contributed by atoms with Gasteiger partial charge in [0.25, 0.3) is 5.91 Å². The Morgan fingerprint density at radius 3 is 2.14 bits per heavy atom. The summed E-state index contributed by atoms with van der Waals surface area (Å²) < 4.78 is 24.5. The molecular formula is C22H31FN2O4. The van der Waals surface area contributed by atoms with Crippen molar-refractivity contribution in [1.29, 1.82) is 0 Å². The van der Waals surface area contributed by atoms with Gasteiger partial charge in [-0.2, -0.15) is 0 Å². The van der Waals surface area contributed by atoms with Gasteiger partial charge in [0.05, 0.1) is 11.9 Å². The highest BCUT2D eigenvalue weighted by Crippen LogP contribution is 2.42. The maximum Gasteiger partial charge on any atom is 0.408 e. The van der Waals surface area contributed by atoms with Crippen LogP contribution in [-0.2, 0) is 4.74 Å². The second-order valence-corrected chi connectivity index (χ2v) is 9.36. The number of hydrogen-bond acceptors (Lipinski definition) is 4. The van der Waals surface area contributed by atoms with Crippen LogP contribution in [-0.4, -0.2) is 35.3 Å². The van der Waals surface area contributed by atoms with Crippen LogP contribution in [0.5, 0.6) is 5.75 Å². The van der Waals surface area contributed by atoms with Crippen LogP contribution in [0.1, 0.15) is 64.7 Å². The molecule has 7 heteroatoms. The standard InChI is InChI=1S/C22H31FN2O4/c1-20(2,3)24-18(26)15-7-9-17(10-8-15)28-14-16(13-23)22(11-12-22)25-19(27)29-21(4,5)6/h7-10,13H,11-12,14H2,1-6H3,(H,24,26)(H,25,27)/b16-13-. The fourth-order valence-electron chi connectivity index (χ4n) is 2.70. The number of benzene rings is 1. The van der Waals surface area contributed by atoms with E-state index in [-0.39, 0.29) is 18.1 Å². The lowest BCUT2D eigenvalue weighted by Crippen LogP contribution is -2.42. The van der Waals surface area contributed by atoms with Crippen molar-refractivity contribution in [2.24, 2.45) is 0 Å². The van der Waals surface area contributed by atoms with E-state index in [0.717, 1.165) is 0 Å². The van der Waals surface area contributed by atoms with Crippen LogP contribution >= 0.6 is 0 Å². The number of rotatable bonds is 6. The zero-order chi connectivity index (χ0) is 21.9. The zero-order valence-corrected chi connectivity index (χ0v) is 18.0. The third kappa shape index (κ3) is 7.07. The molecule has 6 nitrogen and oxygen atoms in total. The Kier molecular flexibility index (Phi) is 6.60. The molecule has 1 aliphatic rings. The van der Waals surface area contributed by atoms with Gasteiger partial charge >= 0.3 is 6.09 Å². The monoisotopic (exact) mass is 406 g/mol. The van der Waals surface area contributed by atoms with Gasteiger partial charge in [0.15, 0.2) is 0 Å². The predicted molar refractivity (Wildman–Crippen MR) is 110 cm³/mol. The lowest BCUT2D eigenvalue weighted by atomic mass is 10.1. The third-order valence-corrected chi connectivity index (χ3v) is 4.24. The molecule has 1 saturated carbocycles. The molecule has 2 rings (SSSR count). The summed E-state index contributed by atoms with van der Waals surface area (Å²) in [4.78, 5) is 24.2. The van der Waals surface area contributed by atoms with Crippen molar-refractivity contribution < 1.29 is 23.5 Å². The molecule has 1 aromatic carbocycles. The van der Waals surface area contributed by atoms with Crippen LogP contribution in [0.25, 0.3) is 0 Å². The number of halogens is 1. The molecule has 1 aliphatic carbocycles. The van der Waals surface area contributed by atoms with Gasteiger partial charge in [0.2, 0.25) is 0 Å². The second-order valence-electron chi connectivity index (χ2n) is 9.36. The van der Waals surface area contributed by atoms with Gasteiger partial charge in [-0.25, -0.2) is 9.18 Å². The number of nitrogens with one attached hydrogen (secondary N) is 2. The first-order chi connectivity index (χ1) is 13.3. The molecule has 0 radical (unpaired) electrons. The van der Waals surface area contributed by atoms with Gasteiger partial charge in [-0.3, -0.25) is 4.79 Å². The first-order valence-corrected chi connectivity index (χ1v) is 9.70. The van der Waals surface area contributed by atoms with Crippen LogP contribution in [0, 0.1) is 0 Å². The number of hydrogen-bond donors (Lipinski definition) is 2. The quantitative estimate of drug-likeness (QED) is 0.729. The summed E-state index contributed by atoms with van der Waals surface area (Å²) in [6.07, 6.45) is 1.15. The van der Waals surface area contributed by atoms with Crippen LogP contribution < -0.4 is 15.4 Å². The van der Waals surface area contributed by atoms with Gasteiger partial charge in [-0.05, 0) is 78.6 Å². The summed E-state index contributed by atoms with van der Waals surface area (Å²) in [7, 11) is 0. The smallest absolute Gasteiger partial charge is 0.408 e. The SMILES string of the molecule is CC(C)(C)NC(=O)c1ccc(OC/C(=C/F)C2(NC(=O)OC(C)(C)C)CC2)cc1. The first-order valence-electron chi connectivity index (χ1n) is 9.70. The third-order valence-electron chi connectivity index (χ3n) is 4.24. The van der Waals surface area contributed by atoms with Gasteiger partial charge < -0.3 is 20.1 Å². The van der Waals surface area contributed by atoms with Crippen LogP contribution in [0.4, 0.5) is 9.18 Å². The molecule has 0 saturated heterocycles. The molecule has 2 N–H and O–H groups in total. The van der Waals surface area contributed by atoms with Crippen molar-refractivity contribution in [2.75, 3.05) is 6.61 Å². The maximum absolute atomic E-state index is 13.5. The molecule has 29 heavy (non-hydrogen) atoms. The molecule has 160 valence electrons. The molecule has 0 unspecified atom stereocenters. The summed E-state index contributed by atoms with van der Waals surface area (Å²) in [5.41, 5.74) is -0.857. The fourth-order valence-corrected chi connectivity index (χ4v) is 2.70. The van der Waals surface area contributed by atoms with E-state index in [1.54, 1.807) is 45.0 Å². The number of carbonyl (C=O) groups is 2. The minimum absolute atomic E-state index is 0.0141. The van der Waals surface area contributed by atoms with Gasteiger partial charge in [0.1, 0.15) is 18.0 Å².